The average molecular weight is 227 g/mol. The van der Waals surface area contributed by atoms with E-state index in [0.29, 0.717) is 18.4 Å². The summed E-state index contributed by atoms with van der Waals surface area (Å²) in [6.07, 6.45) is 3.47. The van der Waals surface area contributed by atoms with Crippen molar-refractivity contribution >= 4 is 0 Å². The Balaban J connectivity index is 2.60. The van der Waals surface area contributed by atoms with E-state index in [0.717, 1.165) is 11.8 Å². The van der Waals surface area contributed by atoms with Crippen LogP contribution in [0.1, 0.15) is 47.0 Å². The lowest BCUT2D eigenvalue weighted by atomic mass is 9.70. The highest BCUT2D eigenvalue weighted by molar-refractivity contribution is 4.84. The molecule has 1 aliphatic carbocycles. The third kappa shape index (κ3) is 3.46. The zero-order valence-corrected chi connectivity index (χ0v) is 11.3. The van der Waals surface area contributed by atoms with Crippen molar-refractivity contribution in [2.75, 3.05) is 6.54 Å². The maximum Gasteiger partial charge on any atom is 0.0611 e. The molecule has 4 atom stereocenters. The van der Waals surface area contributed by atoms with Gasteiger partial charge in [0.15, 0.2) is 0 Å². The lowest BCUT2D eigenvalue weighted by Crippen LogP contribution is -2.40. The normalized spacial score (nSPS) is 35.1. The number of rotatable bonds is 4. The van der Waals surface area contributed by atoms with E-state index >= 15 is 0 Å². The Morgan fingerprint density at radius 1 is 1.12 bits per heavy atom. The van der Waals surface area contributed by atoms with Gasteiger partial charge in [0.05, 0.1) is 6.10 Å². The predicted molar refractivity (Wildman–Crippen MR) is 69.1 cm³/mol. The fourth-order valence-electron chi connectivity index (χ4n) is 3.44. The molecule has 0 aromatic rings. The van der Waals surface area contributed by atoms with Crippen LogP contribution in [0.3, 0.4) is 0 Å². The first-order valence-electron chi connectivity index (χ1n) is 6.83. The van der Waals surface area contributed by atoms with Crippen LogP contribution < -0.4 is 5.73 Å². The molecule has 0 aromatic heterocycles. The largest absolute Gasteiger partial charge is 0.392 e. The second kappa shape index (κ2) is 6.02. The minimum Gasteiger partial charge on any atom is -0.392 e. The van der Waals surface area contributed by atoms with Crippen LogP contribution in [0.5, 0.6) is 0 Å². The molecule has 1 saturated carbocycles. The topological polar surface area (TPSA) is 46.2 Å². The van der Waals surface area contributed by atoms with Gasteiger partial charge in [0.1, 0.15) is 0 Å². The Bertz CT molecular complexity index is 195. The summed E-state index contributed by atoms with van der Waals surface area (Å²) >= 11 is 0. The Morgan fingerprint density at radius 3 is 2.00 bits per heavy atom. The maximum absolute atomic E-state index is 10.5. The molecule has 2 heteroatoms. The first-order valence-corrected chi connectivity index (χ1v) is 6.83. The smallest absolute Gasteiger partial charge is 0.0611 e. The van der Waals surface area contributed by atoms with Crippen molar-refractivity contribution in [3.63, 3.8) is 0 Å². The Morgan fingerprint density at radius 2 is 1.62 bits per heavy atom. The Kier molecular flexibility index (Phi) is 5.26. The van der Waals surface area contributed by atoms with Crippen molar-refractivity contribution in [1.29, 1.82) is 0 Å². The molecule has 0 bridgehead atoms. The van der Waals surface area contributed by atoms with Crippen molar-refractivity contribution in [1.82, 2.24) is 0 Å². The van der Waals surface area contributed by atoms with E-state index in [-0.39, 0.29) is 12.0 Å². The molecule has 96 valence electrons. The minimum absolute atomic E-state index is 0.199. The summed E-state index contributed by atoms with van der Waals surface area (Å²) in [6.45, 7) is 9.55. The summed E-state index contributed by atoms with van der Waals surface area (Å²) in [4.78, 5) is 0. The number of nitrogens with two attached hydrogens (primary N) is 1. The summed E-state index contributed by atoms with van der Waals surface area (Å²) in [5, 5.41) is 10.5. The van der Waals surface area contributed by atoms with Gasteiger partial charge in [-0.25, -0.2) is 0 Å². The molecule has 0 heterocycles. The van der Waals surface area contributed by atoms with Crippen molar-refractivity contribution in [2.24, 2.45) is 35.3 Å². The SMILES string of the molecule is CC1CC(C)CC(C(O)C(CN)C(C)C)C1. The number of hydrogen-bond acceptors (Lipinski definition) is 2. The molecule has 0 aromatic carbocycles. The van der Waals surface area contributed by atoms with E-state index < -0.39 is 0 Å². The van der Waals surface area contributed by atoms with Crippen molar-refractivity contribution in [3.05, 3.63) is 0 Å². The minimum atomic E-state index is -0.199. The van der Waals surface area contributed by atoms with Gasteiger partial charge in [0, 0.05) is 0 Å². The first-order chi connectivity index (χ1) is 7.45. The van der Waals surface area contributed by atoms with Gasteiger partial charge in [-0.05, 0) is 55.4 Å². The Labute approximate surface area is 101 Å². The second-order valence-corrected chi connectivity index (χ2v) is 6.31. The van der Waals surface area contributed by atoms with Gasteiger partial charge in [-0.1, -0.05) is 27.7 Å². The van der Waals surface area contributed by atoms with Crippen LogP contribution in [-0.4, -0.2) is 17.8 Å². The monoisotopic (exact) mass is 227 g/mol. The Hall–Kier alpha value is -0.0800. The van der Waals surface area contributed by atoms with Gasteiger partial charge >= 0.3 is 0 Å². The predicted octanol–water partition coefficient (Wildman–Crippen LogP) is 2.65. The fourth-order valence-corrected chi connectivity index (χ4v) is 3.44. The van der Waals surface area contributed by atoms with E-state index in [1.54, 1.807) is 0 Å². The highest BCUT2D eigenvalue weighted by atomic mass is 16.3. The number of aliphatic hydroxyl groups excluding tert-OH is 1. The summed E-state index contributed by atoms with van der Waals surface area (Å²) in [7, 11) is 0. The van der Waals surface area contributed by atoms with Crippen LogP contribution in [0.4, 0.5) is 0 Å². The van der Waals surface area contributed by atoms with Crippen LogP contribution in [-0.2, 0) is 0 Å². The number of aliphatic hydroxyl groups is 1. The fraction of sp³-hybridized carbons (Fsp3) is 1.00. The molecule has 0 amide bonds. The van der Waals surface area contributed by atoms with Gasteiger partial charge in [-0.15, -0.1) is 0 Å². The lowest BCUT2D eigenvalue weighted by molar-refractivity contribution is 0.000670. The zero-order chi connectivity index (χ0) is 12.3. The third-order valence-electron chi connectivity index (χ3n) is 4.27. The van der Waals surface area contributed by atoms with Gasteiger partial charge in [0.2, 0.25) is 0 Å². The average Bonchev–Trinajstić information content (AvgIpc) is 2.16. The van der Waals surface area contributed by atoms with E-state index in [1.165, 1.54) is 19.3 Å². The van der Waals surface area contributed by atoms with Crippen molar-refractivity contribution in [3.8, 4) is 0 Å². The summed E-state index contributed by atoms with van der Waals surface area (Å²) in [6, 6.07) is 0. The molecule has 0 spiro atoms. The van der Waals surface area contributed by atoms with Crippen molar-refractivity contribution < 1.29 is 5.11 Å². The third-order valence-corrected chi connectivity index (χ3v) is 4.27. The van der Waals surface area contributed by atoms with Crippen LogP contribution in [0.2, 0.25) is 0 Å². The number of hydrogen-bond donors (Lipinski definition) is 2. The highest BCUT2D eigenvalue weighted by Crippen LogP contribution is 2.37. The van der Waals surface area contributed by atoms with Gasteiger partial charge in [-0.3, -0.25) is 0 Å². The van der Waals surface area contributed by atoms with Crippen molar-refractivity contribution in [2.45, 2.75) is 53.1 Å². The highest BCUT2D eigenvalue weighted by Gasteiger charge is 2.33. The molecule has 1 rings (SSSR count). The summed E-state index contributed by atoms with van der Waals surface area (Å²) in [5.74, 6) is 2.73. The van der Waals surface area contributed by atoms with E-state index in [4.69, 9.17) is 5.73 Å². The molecule has 1 fully saturated rings. The van der Waals surface area contributed by atoms with Gasteiger partial charge < -0.3 is 10.8 Å². The summed E-state index contributed by atoms with van der Waals surface area (Å²) in [5.41, 5.74) is 5.79. The molecule has 16 heavy (non-hydrogen) atoms. The van der Waals surface area contributed by atoms with Crippen LogP contribution >= 0.6 is 0 Å². The molecule has 0 radical (unpaired) electrons. The zero-order valence-electron chi connectivity index (χ0n) is 11.3. The molecule has 0 aliphatic heterocycles. The molecule has 3 N–H and O–H groups in total. The summed E-state index contributed by atoms with van der Waals surface area (Å²) < 4.78 is 0. The molecule has 2 nitrogen and oxygen atoms in total. The van der Waals surface area contributed by atoms with Crippen LogP contribution in [0.25, 0.3) is 0 Å². The van der Waals surface area contributed by atoms with E-state index in [2.05, 4.69) is 27.7 Å². The molecular formula is C14H29NO. The maximum atomic E-state index is 10.5. The van der Waals surface area contributed by atoms with Gasteiger partial charge in [0.25, 0.3) is 0 Å². The van der Waals surface area contributed by atoms with Crippen LogP contribution in [0, 0.1) is 29.6 Å². The second-order valence-electron chi connectivity index (χ2n) is 6.31. The lowest BCUT2D eigenvalue weighted by Gasteiger charge is -2.38. The van der Waals surface area contributed by atoms with E-state index in [1.807, 2.05) is 0 Å². The van der Waals surface area contributed by atoms with E-state index in [9.17, 15) is 5.11 Å². The quantitative estimate of drug-likeness (QED) is 0.775. The van der Waals surface area contributed by atoms with Crippen LogP contribution in [0.15, 0.2) is 0 Å². The molecule has 1 aliphatic rings. The van der Waals surface area contributed by atoms with Gasteiger partial charge in [-0.2, -0.15) is 0 Å². The molecular weight excluding hydrogens is 198 g/mol. The standard InChI is InChI=1S/C14H29NO/c1-9(2)13(8-15)14(16)12-6-10(3)5-11(4)7-12/h9-14,16H,5-8,15H2,1-4H3. The molecule has 4 unspecified atom stereocenters. The molecule has 0 saturated heterocycles. The first kappa shape index (κ1) is 14.0.